The number of benzene rings is 1. The summed E-state index contributed by atoms with van der Waals surface area (Å²) in [6.45, 7) is 3.06. The second kappa shape index (κ2) is 4.61. The quantitative estimate of drug-likeness (QED) is 0.610. The maximum absolute atomic E-state index is 11.7. The van der Waals surface area contributed by atoms with Crippen LogP contribution >= 0.6 is 11.6 Å². The van der Waals surface area contributed by atoms with Crippen molar-refractivity contribution in [3.8, 4) is 0 Å². The van der Waals surface area contributed by atoms with E-state index in [0.717, 1.165) is 5.56 Å². The number of cyclic esters (lactones) is 2. The molecule has 0 N–H and O–H groups in total. The maximum Gasteiger partial charge on any atom is 0.323 e. The first kappa shape index (κ1) is 12.9. The van der Waals surface area contributed by atoms with Crippen LogP contribution < -0.4 is 0 Å². The van der Waals surface area contributed by atoms with Crippen LogP contribution in [0.3, 0.4) is 0 Å². The highest BCUT2D eigenvalue weighted by atomic mass is 35.5. The normalized spacial score (nSPS) is 19.3. The third-order valence-electron chi connectivity index (χ3n) is 2.61. The Morgan fingerprint density at radius 1 is 1.11 bits per heavy atom. The van der Waals surface area contributed by atoms with Crippen molar-refractivity contribution in [2.75, 3.05) is 0 Å². The van der Waals surface area contributed by atoms with Gasteiger partial charge in [0, 0.05) is 18.9 Å². The van der Waals surface area contributed by atoms with Crippen molar-refractivity contribution >= 4 is 23.5 Å². The van der Waals surface area contributed by atoms with E-state index in [9.17, 15) is 9.59 Å². The zero-order chi connectivity index (χ0) is 13.3. The van der Waals surface area contributed by atoms with Gasteiger partial charge in [-0.1, -0.05) is 23.7 Å². The molecule has 0 aliphatic carbocycles. The highest BCUT2D eigenvalue weighted by Crippen LogP contribution is 2.25. The molecule has 1 fully saturated rings. The number of carbonyl (C=O) groups is 2. The van der Waals surface area contributed by atoms with Gasteiger partial charge in [0.2, 0.25) is 0 Å². The van der Waals surface area contributed by atoms with Crippen LogP contribution in [-0.4, -0.2) is 17.7 Å². The van der Waals surface area contributed by atoms with Crippen LogP contribution in [0.1, 0.15) is 19.4 Å². The van der Waals surface area contributed by atoms with E-state index in [1.165, 1.54) is 13.8 Å². The lowest BCUT2D eigenvalue weighted by molar-refractivity contribution is -0.239. The van der Waals surface area contributed by atoms with Gasteiger partial charge in [-0.3, -0.25) is 9.59 Å². The van der Waals surface area contributed by atoms with Gasteiger partial charge in [-0.05, 0) is 24.1 Å². The Hall–Kier alpha value is -1.55. The molecule has 1 aromatic rings. The van der Waals surface area contributed by atoms with E-state index in [1.54, 1.807) is 24.3 Å². The molecule has 0 atom stereocenters. The topological polar surface area (TPSA) is 52.6 Å². The van der Waals surface area contributed by atoms with E-state index >= 15 is 0 Å². The summed E-state index contributed by atoms with van der Waals surface area (Å²) in [7, 11) is 0. The van der Waals surface area contributed by atoms with Crippen LogP contribution in [0.4, 0.5) is 0 Å². The predicted octanol–water partition coefficient (Wildman–Crippen LogP) is 2.33. The van der Waals surface area contributed by atoms with Gasteiger partial charge in [-0.25, -0.2) is 0 Å². The van der Waals surface area contributed by atoms with Crippen molar-refractivity contribution in [1.82, 2.24) is 0 Å². The van der Waals surface area contributed by atoms with Crippen LogP contribution in [0.25, 0.3) is 0 Å². The van der Waals surface area contributed by atoms with E-state index in [4.69, 9.17) is 21.1 Å². The first-order chi connectivity index (χ1) is 8.37. The van der Waals surface area contributed by atoms with Gasteiger partial charge in [0.1, 0.15) is 0 Å². The predicted molar refractivity (Wildman–Crippen MR) is 64.9 cm³/mol. The molecule has 5 heteroatoms. The van der Waals surface area contributed by atoms with Crippen molar-refractivity contribution in [3.63, 3.8) is 0 Å². The molecular formula is C13H13ClO4. The lowest BCUT2D eigenvalue weighted by Crippen LogP contribution is -2.46. The standard InChI is InChI=1S/C13H13ClO4/c1-13(2)17-11(15)10(12(16)18-13)7-8-3-5-9(14)6-4-8/h3-6,10H,7H2,1-2H3. The molecule has 4 nitrogen and oxygen atoms in total. The maximum atomic E-state index is 11.7. The number of rotatable bonds is 2. The van der Waals surface area contributed by atoms with Crippen LogP contribution in [0, 0.1) is 5.92 Å². The molecule has 18 heavy (non-hydrogen) atoms. The fraction of sp³-hybridized carbons (Fsp3) is 0.385. The van der Waals surface area contributed by atoms with Crippen LogP contribution in [0.15, 0.2) is 24.3 Å². The number of hydrogen-bond donors (Lipinski definition) is 0. The number of hydrogen-bond acceptors (Lipinski definition) is 4. The summed E-state index contributed by atoms with van der Waals surface area (Å²) in [5.74, 6) is -3.18. The molecule has 0 saturated carbocycles. The smallest absolute Gasteiger partial charge is 0.323 e. The monoisotopic (exact) mass is 268 g/mol. The summed E-state index contributed by atoms with van der Waals surface area (Å²) in [5.41, 5.74) is 0.831. The third kappa shape index (κ3) is 2.82. The Kier molecular flexibility index (Phi) is 3.30. The Balaban J connectivity index is 2.12. The summed E-state index contributed by atoms with van der Waals surface area (Å²) in [4.78, 5) is 23.5. The summed E-state index contributed by atoms with van der Waals surface area (Å²) < 4.78 is 10.1. The first-order valence-electron chi connectivity index (χ1n) is 5.57. The third-order valence-corrected chi connectivity index (χ3v) is 2.87. The molecule has 2 rings (SSSR count). The van der Waals surface area contributed by atoms with Crippen molar-refractivity contribution in [2.45, 2.75) is 26.1 Å². The van der Waals surface area contributed by atoms with Gasteiger partial charge in [0.05, 0.1) is 0 Å². The zero-order valence-electron chi connectivity index (χ0n) is 10.1. The fourth-order valence-corrected chi connectivity index (χ4v) is 1.89. The van der Waals surface area contributed by atoms with Gasteiger partial charge in [-0.15, -0.1) is 0 Å². The van der Waals surface area contributed by atoms with Gasteiger partial charge in [0.15, 0.2) is 5.92 Å². The second-order valence-corrected chi connectivity index (χ2v) is 5.06. The van der Waals surface area contributed by atoms with Crippen molar-refractivity contribution in [2.24, 2.45) is 5.92 Å². The lowest BCUT2D eigenvalue weighted by Gasteiger charge is -2.32. The number of carbonyl (C=O) groups excluding carboxylic acids is 2. The van der Waals surface area contributed by atoms with Gasteiger partial charge < -0.3 is 9.47 Å². The Bertz CT molecular complexity index is 458. The average molecular weight is 269 g/mol. The number of halogens is 1. The summed E-state index contributed by atoms with van der Waals surface area (Å²) >= 11 is 5.77. The molecule has 96 valence electrons. The molecular weight excluding hydrogens is 256 g/mol. The molecule has 0 unspecified atom stereocenters. The molecule has 0 spiro atoms. The van der Waals surface area contributed by atoms with Crippen molar-refractivity contribution in [3.05, 3.63) is 34.9 Å². The zero-order valence-corrected chi connectivity index (χ0v) is 10.9. The average Bonchev–Trinajstić information content (AvgIpc) is 2.24. The number of ether oxygens (including phenoxy) is 2. The molecule has 0 radical (unpaired) electrons. The minimum atomic E-state index is -1.18. The Morgan fingerprint density at radius 3 is 2.11 bits per heavy atom. The fourth-order valence-electron chi connectivity index (χ4n) is 1.77. The molecule has 1 aliphatic heterocycles. The van der Waals surface area contributed by atoms with Crippen LogP contribution in [0.5, 0.6) is 0 Å². The summed E-state index contributed by atoms with van der Waals surface area (Å²) in [6.07, 6.45) is 0.255. The van der Waals surface area contributed by atoms with Crippen molar-refractivity contribution < 1.29 is 19.1 Å². The van der Waals surface area contributed by atoms with Crippen LogP contribution in [-0.2, 0) is 25.5 Å². The first-order valence-corrected chi connectivity index (χ1v) is 5.95. The molecule has 0 amide bonds. The highest BCUT2D eigenvalue weighted by Gasteiger charge is 2.42. The Labute approximate surface area is 110 Å². The van der Waals surface area contributed by atoms with Gasteiger partial charge in [0.25, 0.3) is 5.79 Å². The van der Waals surface area contributed by atoms with E-state index in [-0.39, 0.29) is 6.42 Å². The molecule has 0 aromatic heterocycles. The highest BCUT2D eigenvalue weighted by molar-refractivity contribution is 6.30. The van der Waals surface area contributed by atoms with Crippen molar-refractivity contribution in [1.29, 1.82) is 0 Å². The van der Waals surface area contributed by atoms with E-state index in [2.05, 4.69) is 0 Å². The minimum absolute atomic E-state index is 0.255. The largest absolute Gasteiger partial charge is 0.422 e. The SMILES string of the molecule is CC1(C)OC(=O)C(Cc2ccc(Cl)cc2)C(=O)O1. The van der Waals surface area contributed by atoms with Crippen LogP contribution in [0.2, 0.25) is 5.02 Å². The molecule has 1 aliphatic rings. The molecule has 1 saturated heterocycles. The van der Waals surface area contributed by atoms with Gasteiger partial charge in [-0.2, -0.15) is 0 Å². The Morgan fingerprint density at radius 2 is 1.61 bits per heavy atom. The summed E-state index contributed by atoms with van der Waals surface area (Å²) in [6, 6.07) is 6.95. The summed E-state index contributed by atoms with van der Waals surface area (Å²) in [5, 5.41) is 0.605. The lowest BCUT2D eigenvalue weighted by atomic mass is 9.98. The number of esters is 2. The minimum Gasteiger partial charge on any atom is -0.422 e. The van der Waals surface area contributed by atoms with E-state index < -0.39 is 23.6 Å². The van der Waals surface area contributed by atoms with E-state index in [1.807, 2.05) is 0 Å². The van der Waals surface area contributed by atoms with Gasteiger partial charge >= 0.3 is 11.9 Å². The molecule has 0 bridgehead atoms. The molecule has 1 aromatic carbocycles. The molecule has 1 heterocycles. The van der Waals surface area contributed by atoms with E-state index in [0.29, 0.717) is 5.02 Å². The second-order valence-electron chi connectivity index (χ2n) is 4.63.